The maximum atomic E-state index is 12.7. The lowest BCUT2D eigenvalue weighted by Gasteiger charge is -2.09. The zero-order chi connectivity index (χ0) is 16.4. The molecule has 0 bridgehead atoms. The van der Waals surface area contributed by atoms with E-state index in [1.54, 1.807) is 30.5 Å². The summed E-state index contributed by atoms with van der Waals surface area (Å²) < 4.78 is 27.6. The molecular formula is C17H13BrN2O2S. The first kappa shape index (κ1) is 15.8. The zero-order valence-electron chi connectivity index (χ0n) is 12.1. The molecule has 1 heterocycles. The van der Waals surface area contributed by atoms with Gasteiger partial charge in [-0.3, -0.25) is 0 Å². The van der Waals surface area contributed by atoms with Gasteiger partial charge in [0.2, 0.25) is 10.0 Å². The zero-order valence-corrected chi connectivity index (χ0v) is 14.5. The molecule has 23 heavy (non-hydrogen) atoms. The molecule has 0 saturated heterocycles. The van der Waals surface area contributed by atoms with Crippen LogP contribution < -0.4 is 0 Å². The van der Waals surface area contributed by atoms with Gasteiger partial charge < -0.3 is 0 Å². The van der Waals surface area contributed by atoms with Crippen LogP contribution in [0.5, 0.6) is 0 Å². The Kier molecular flexibility index (Phi) is 4.24. The standard InChI is InChI=1S/C17H13BrN2O2S/c18-16-10-14(6-8-19)11-17-15(16)7-9-20(17)23(21,22)12-13-4-2-1-3-5-13/h1-5,7,9-11H,6,12H2. The van der Waals surface area contributed by atoms with Crippen LogP contribution in [-0.4, -0.2) is 12.4 Å². The molecule has 0 amide bonds. The van der Waals surface area contributed by atoms with Crippen molar-refractivity contribution in [2.75, 3.05) is 0 Å². The fourth-order valence-electron chi connectivity index (χ4n) is 2.52. The van der Waals surface area contributed by atoms with Gasteiger partial charge in [0.15, 0.2) is 0 Å². The van der Waals surface area contributed by atoms with E-state index in [-0.39, 0.29) is 12.2 Å². The van der Waals surface area contributed by atoms with Crippen LogP contribution >= 0.6 is 15.9 Å². The second-order valence-electron chi connectivity index (χ2n) is 5.20. The van der Waals surface area contributed by atoms with E-state index < -0.39 is 10.0 Å². The van der Waals surface area contributed by atoms with E-state index in [4.69, 9.17) is 5.26 Å². The van der Waals surface area contributed by atoms with Crippen LogP contribution in [0, 0.1) is 11.3 Å². The molecule has 0 aliphatic heterocycles. The predicted molar refractivity (Wildman–Crippen MR) is 93.4 cm³/mol. The van der Waals surface area contributed by atoms with Crippen molar-refractivity contribution in [3.63, 3.8) is 0 Å². The molecule has 0 radical (unpaired) electrons. The van der Waals surface area contributed by atoms with Crippen molar-refractivity contribution in [2.45, 2.75) is 12.2 Å². The quantitative estimate of drug-likeness (QED) is 0.681. The van der Waals surface area contributed by atoms with E-state index in [0.717, 1.165) is 21.0 Å². The summed E-state index contributed by atoms with van der Waals surface area (Å²) in [5.74, 6) is -0.0717. The third-order valence-corrected chi connectivity index (χ3v) is 5.83. The fraction of sp³-hybridized carbons (Fsp3) is 0.118. The summed E-state index contributed by atoms with van der Waals surface area (Å²) in [6, 6.07) is 16.5. The highest BCUT2D eigenvalue weighted by molar-refractivity contribution is 9.10. The summed E-state index contributed by atoms with van der Waals surface area (Å²) in [6.45, 7) is 0. The Balaban J connectivity index is 2.10. The van der Waals surface area contributed by atoms with Gasteiger partial charge in [-0.05, 0) is 29.3 Å². The highest BCUT2D eigenvalue weighted by Crippen LogP contribution is 2.28. The number of aromatic nitrogens is 1. The average molecular weight is 389 g/mol. The lowest BCUT2D eigenvalue weighted by atomic mass is 10.1. The van der Waals surface area contributed by atoms with Crippen LogP contribution in [0.1, 0.15) is 11.1 Å². The molecule has 0 unspecified atom stereocenters. The molecule has 0 atom stereocenters. The van der Waals surface area contributed by atoms with E-state index in [1.165, 1.54) is 3.97 Å². The van der Waals surface area contributed by atoms with Crippen molar-refractivity contribution in [3.05, 3.63) is 70.3 Å². The molecule has 0 fully saturated rings. The Bertz CT molecular complexity index is 1000. The molecule has 6 heteroatoms. The molecule has 2 aromatic carbocycles. The van der Waals surface area contributed by atoms with E-state index in [9.17, 15) is 8.42 Å². The minimum absolute atomic E-state index is 0.0717. The lowest BCUT2D eigenvalue weighted by Crippen LogP contribution is -2.14. The summed E-state index contributed by atoms with van der Waals surface area (Å²) >= 11 is 3.45. The molecule has 0 spiro atoms. The van der Waals surface area contributed by atoms with E-state index in [1.807, 2.05) is 24.3 Å². The smallest absolute Gasteiger partial charge is 0.243 e. The topological polar surface area (TPSA) is 62.9 Å². The van der Waals surface area contributed by atoms with Crippen molar-refractivity contribution < 1.29 is 8.42 Å². The van der Waals surface area contributed by atoms with Crippen LogP contribution in [0.25, 0.3) is 10.9 Å². The van der Waals surface area contributed by atoms with Crippen molar-refractivity contribution >= 4 is 36.9 Å². The molecule has 0 aliphatic carbocycles. The maximum absolute atomic E-state index is 12.7. The molecule has 4 nitrogen and oxygen atoms in total. The molecule has 1 aromatic heterocycles. The third-order valence-electron chi connectivity index (χ3n) is 3.56. The van der Waals surface area contributed by atoms with Gasteiger partial charge in [-0.1, -0.05) is 46.3 Å². The van der Waals surface area contributed by atoms with Gasteiger partial charge >= 0.3 is 0 Å². The summed E-state index contributed by atoms with van der Waals surface area (Å²) in [7, 11) is -3.53. The second kappa shape index (κ2) is 6.19. The lowest BCUT2D eigenvalue weighted by molar-refractivity contribution is 0.588. The van der Waals surface area contributed by atoms with Gasteiger partial charge in [0, 0.05) is 16.1 Å². The number of hydrogen-bond acceptors (Lipinski definition) is 3. The largest absolute Gasteiger partial charge is 0.245 e. The number of hydrogen-bond donors (Lipinski definition) is 0. The summed E-state index contributed by atoms with van der Waals surface area (Å²) in [5.41, 5.74) is 2.10. The molecule has 0 N–H and O–H groups in total. The Morgan fingerprint density at radius 3 is 2.52 bits per heavy atom. The van der Waals surface area contributed by atoms with Gasteiger partial charge in [-0.25, -0.2) is 12.4 Å². The highest BCUT2D eigenvalue weighted by Gasteiger charge is 2.18. The van der Waals surface area contributed by atoms with Crippen molar-refractivity contribution in [2.24, 2.45) is 0 Å². The molecule has 0 saturated carbocycles. The van der Waals surface area contributed by atoms with Crippen LogP contribution in [-0.2, 0) is 22.2 Å². The number of benzene rings is 2. The van der Waals surface area contributed by atoms with Gasteiger partial charge in [0.25, 0.3) is 0 Å². The normalized spacial score (nSPS) is 11.5. The van der Waals surface area contributed by atoms with Gasteiger partial charge in [-0.2, -0.15) is 5.26 Å². The first-order chi connectivity index (χ1) is 11.0. The van der Waals surface area contributed by atoms with Gasteiger partial charge in [0.05, 0.1) is 23.8 Å². The number of halogens is 1. The molecule has 116 valence electrons. The Labute approximate surface area is 143 Å². The average Bonchev–Trinajstić information content (AvgIpc) is 2.93. The number of rotatable bonds is 4. The molecule has 3 aromatic rings. The summed E-state index contributed by atoms with van der Waals surface area (Å²) in [6.07, 6.45) is 1.79. The van der Waals surface area contributed by atoms with Crippen LogP contribution in [0.3, 0.4) is 0 Å². The first-order valence-electron chi connectivity index (χ1n) is 6.95. The van der Waals surface area contributed by atoms with Crippen molar-refractivity contribution in [1.29, 1.82) is 5.26 Å². The minimum Gasteiger partial charge on any atom is -0.245 e. The van der Waals surface area contributed by atoms with E-state index in [2.05, 4.69) is 22.0 Å². The Morgan fingerprint density at radius 2 is 1.83 bits per heavy atom. The van der Waals surface area contributed by atoms with Crippen LogP contribution in [0.2, 0.25) is 0 Å². The van der Waals surface area contributed by atoms with E-state index >= 15 is 0 Å². The molecule has 3 rings (SSSR count). The number of nitrogens with zero attached hydrogens (tertiary/aromatic N) is 2. The second-order valence-corrected chi connectivity index (χ2v) is 7.90. The minimum atomic E-state index is -3.53. The van der Waals surface area contributed by atoms with Gasteiger partial charge in [-0.15, -0.1) is 0 Å². The number of nitriles is 1. The number of fused-ring (bicyclic) bond motifs is 1. The first-order valence-corrected chi connectivity index (χ1v) is 9.35. The third kappa shape index (κ3) is 3.16. The van der Waals surface area contributed by atoms with Gasteiger partial charge in [0.1, 0.15) is 0 Å². The van der Waals surface area contributed by atoms with Crippen LogP contribution in [0.15, 0.2) is 59.2 Å². The molecular weight excluding hydrogens is 376 g/mol. The highest BCUT2D eigenvalue weighted by atomic mass is 79.9. The Morgan fingerprint density at radius 1 is 1.09 bits per heavy atom. The summed E-state index contributed by atoms with van der Waals surface area (Å²) in [5, 5.41) is 9.68. The Hall–Kier alpha value is -2.10. The summed E-state index contributed by atoms with van der Waals surface area (Å²) in [4.78, 5) is 0. The SMILES string of the molecule is N#CCc1cc(Br)c2ccn(S(=O)(=O)Cc3ccccc3)c2c1. The van der Waals surface area contributed by atoms with E-state index in [0.29, 0.717) is 5.52 Å². The van der Waals surface area contributed by atoms with Crippen molar-refractivity contribution in [3.8, 4) is 6.07 Å². The van der Waals surface area contributed by atoms with Crippen molar-refractivity contribution in [1.82, 2.24) is 3.97 Å². The molecule has 0 aliphatic rings. The maximum Gasteiger partial charge on any atom is 0.243 e. The fourth-order valence-corrected chi connectivity index (χ4v) is 4.60. The predicted octanol–water partition coefficient (Wildman–Crippen LogP) is 3.85. The monoisotopic (exact) mass is 388 g/mol. The van der Waals surface area contributed by atoms with Crippen LogP contribution in [0.4, 0.5) is 0 Å².